The van der Waals surface area contributed by atoms with Gasteiger partial charge < -0.3 is 10.5 Å². The molecular weight excluding hydrogens is 220 g/mol. The van der Waals surface area contributed by atoms with Crippen molar-refractivity contribution in [3.63, 3.8) is 0 Å². The third-order valence-corrected chi connectivity index (χ3v) is 2.33. The van der Waals surface area contributed by atoms with Gasteiger partial charge in [-0.2, -0.15) is 0 Å². The number of rotatable bonds is 5. The summed E-state index contributed by atoms with van der Waals surface area (Å²) in [6.07, 6.45) is 1.59. The fourth-order valence-electron chi connectivity index (χ4n) is 1.42. The predicted octanol–water partition coefficient (Wildman–Crippen LogP) is 0.346. The highest BCUT2D eigenvalue weighted by atomic mass is 16.5. The van der Waals surface area contributed by atoms with Gasteiger partial charge in [0.25, 0.3) is 0 Å². The number of nitrogens with two attached hydrogens (primary N) is 1. The summed E-state index contributed by atoms with van der Waals surface area (Å²) in [5.74, 6) is 0.808. The second-order valence-corrected chi connectivity index (χ2v) is 4.02. The number of esters is 1. The van der Waals surface area contributed by atoms with E-state index >= 15 is 0 Å². The maximum atomic E-state index is 11.5. The van der Waals surface area contributed by atoms with Crippen LogP contribution in [0, 0.1) is 5.92 Å². The molecule has 0 saturated heterocycles. The van der Waals surface area contributed by atoms with E-state index in [9.17, 15) is 4.79 Å². The quantitative estimate of drug-likeness (QED) is 0.719. The largest absolute Gasteiger partial charge is 0.468 e. The lowest BCUT2D eigenvalue weighted by molar-refractivity contribution is -0.144. The molecule has 6 heteroatoms. The number of methoxy groups -OCH3 is 1. The van der Waals surface area contributed by atoms with E-state index in [4.69, 9.17) is 10.5 Å². The van der Waals surface area contributed by atoms with Gasteiger partial charge in [0, 0.05) is 6.20 Å². The average molecular weight is 238 g/mol. The molecule has 1 rings (SSSR count). The number of carbonyl (C=O) groups is 1. The molecule has 6 nitrogen and oxygen atoms in total. The van der Waals surface area contributed by atoms with Crippen LogP contribution in [0.3, 0.4) is 0 Å². The zero-order chi connectivity index (χ0) is 12.8. The van der Waals surface area contributed by atoms with Crippen LogP contribution >= 0.6 is 0 Å². The maximum absolute atomic E-state index is 11.5. The van der Waals surface area contributed by atoms with Crippen molar-refractivity contribution >= 4 is 11.8 Å². The molecule has 1 heterocycles. The number of anilines is 1. The van der Waals surface area contributed by atoms with Crippen LogP contribution < -0.4 is 11.1 Å². The summed E-state index contributed by atoms with van der Waals surface area (Å²) >= 11 is 0. The normalized spacial score (nSPS) is 12.5. The summed E-state index contributed by atoms with van der Waals surface area (Å²) in [5.41, 5.74) is 5.54. The van der Waals surface area contributed by atoms with Crippen LogP contribution in [0.15, 0.2) is 12.3 Å². The van der Waals surface area contributed by atoms with Crippen LogP contribution in [0.2, 0.25) is 0 Å². The topological polar surface area (TPSA) is 90.1 Å². The Morgan fingerprint density at radius 1 is 1.59 bits per heavy atom. The minimum atomic E-state index is -0.370. The Hall–Kier alpha value is -1.69. The summed E-state index contributed by atoms with van der Waals surface area (Å²) in [7, 11) is 1.37. The van der Waals surface area contributed by atoms with E-state index in [0.717, 1.165) is 0 Å². The molecule has 3 N–H and O–H groups in total. The van der Waals surface area contributed by atoms with Crippen molar-refractivity contribution in [1.29, 1.82) is 0 Å². The van der Waals surface area contributed by atoms with Crippen molar-refractivity contribution in [2.45, 2.75) is 26.4 Å². The van der Waals surface area contributed by atoms with Gasteiger partial charge in [-0.1, -0.05) is 13.8 Å². The average Bonchev–Trinajstić information content (AvgIpc) is 2.28. The molecule has 94 valence electrons. The van der Waals surface area contributed by atoms with Crippen LogP contribution in [-0.4, -0.2) is 29.1 Å². The van der Waals surface area contributed by atoms with E-state index in [-0.39, 0.29) is 17.9 Å². The van der Waals surface area contributed by atoms with Crippen molar-refractivity contribution in [2.75, 3.05) is 12.8 Å². The van der Waals surface area contributed by atoms with Crippen molar-refractivity contribution in [3.8, 4) is 0 Å². The van der Waals surface area contributed by atoms with Crippen LogP contribution in [0.5, 0.6) is 0 Å². The predicted molar refractivity (Wildman–Crippen MR) is 63.9 cm³/mol. The van der Waals surface area contributed by atoms with Crippen molar-refractivity contribution in [2.24, 2.45) is 5.92 Å². The lowest BCUT2D eigenvalue weighted by atomic mass is 10.0. The van der Waals surface area contributed by atoms with E-state index in [2.05, 4.69) is 15.3 Å². The summed E-state index contributed by atoms with van der Waals surface area (Å²) in [6, 6.07) is 1.24. The molecule has 0 bridgehead atoms. The van der Waals surface area contributed by atoms with Gasteiger partial charge in [-0.3, -0.25) is 10.1 Å². The number of nitrogens with one attached hydrogen (secondary N) is 1. The van der Waals surface area contributed by atoms with E-state index in [1.54, 1.807) is 12.3 Å². The highest BCUT2D eigenvalue weighted by Gasteiger charge is 2.22. The fourth-order valence-corrected chi connectivity index (χ4v) is 1.42. The first kappa shape index (κ1) is 13.4. The molecule has 17 heavy (non-hydrogen) atoms. The Balaban J connectivity index is 2.61. The Labute approximate surface area is 101 Å². The van der Waals surface area contributed by atoms with Gasteiger partial charge in [0.2, 0.25) is 0 Å². The molecule has 0 saturated carbocycles. The SMILES string of the molecule is COC(=O)C(NCc1nccc(N)n1)C(C)C. The van der Waals surface area contributed by atoms with Gasteiger partial charge in [-0.05, 0) is 12.0 Å². The number of hydrogen-bond acceptors (Lipinski definition) is 6. The fraction of sp³-hybridized carbons (Fsp3) is 0.545. The van der Waals surface area contributed by atoms with Crippen LogP contribution in [0.25, 0.3) is 0 Å². The molecule has 0 aliphatic rings. The summed E-state index contributed by atoms with van der Waals surface area (Å²) in [6.45, 7) is 4.26. The zero-order valence-electron chi connectivity index (χ0n) is 10.3. The monoisotopic (exact) mass is 238 g/mol. The molecule has 1 aromatic rings. The smallest absolute Gasteiger partial charge is 0.323 e. The molecule has 1 unspecified atom stereocenters. The first-order valence-corrected chi connectivity index (χ1v) is 5.43. The number of nitrogen functional groups attached to an aromatic ring is 1. The van der Waals surface area contributed by atoms with Crippen molar-refractivity contribution < 1.29 is 9.53 Å². The molecule has 0 aliphatic carbocycles. The van der Waals surface area contributed by atoms with E-state index in [1.165, 1.54) is 7.11 Å². The van der Waals surface area contributed by atoms with Crippen LogP contribution in [0.4, 0.5) is 5.82 Å². The maximum Gasteiger partial charge on any atom is 0.323 e. The van der Waals surface area contributed by atoms with Crippen LogP contribution in [0.1, 0.15) is 19.7 Å². The molecule has 0 spiro atoms. The highest BCUT2D eigenvalue weighted by Crippen LogP contribution is 2.05. The van der Waals surface area contributed by atoms with E-state index in [1.807, 2.05) is 13.8 Å². The molecule has 0 amide bonds. The van der Waals surface area contributed by atoms with Crippen molar-refractivity contribution in [3.05, 3.63) is 18.1 Å². The second-order valence-electron chi connectivity index (χ2n) is 4.02. The molecule has 0 aliphatic heterocycles. The molecule has 1 aromatic heterocycles. The van der Waals surface area contributed by atoms with E-state index in [0.29, 0.717) is 18.2 Å². The molecule has 0 fully saturated rings. The first-order chi connectivity index (χ1) is 8.04. The van der Waals surface area contributed by atoms with Crippen LogP contribution in [-0.2, 0) is 16.1 Å². The van der Waals surface area contributed by atoms with Crippen molar-refractivity contribution in [1.82, 2.24) is 15.3 Å². The molecule has 1 atom stereocenters. The third kappa shape index (κ3) is 3.99. The molecule has 0 aromatic carbocycles. The number of carbonyl (C=O) groups excluding carboxylic acids is 1. The van der Waals surface area contributed by atoms with E-state index < -0.39 is 0 Å². The second kappa shape index (κ2) is 6.15. The van der Waals surface area contributed by atoms with Gasteiger partial charge in [0.05, 0.1) is 13.7 Å². The minimum absolute atomic E-state index is 0.128. The Morgan fingerprint density at radius 2 is 2.29 bits per heavy atom. The number of aromatic nitrogens is 2. The third-order valence-electron chi connectivity index (χ3n) is 2.33. The highest BCUT2D eigenvalue weighted by molar-refractivity contribution is 5.75. The number of hydrogen-bond donors (Lipinski definition) is 2. The van der Waals surface area contributed by atoms with Gasteiger partial charge in [0.1, 0.15) is 17.7 Å². The Bertz CT molecular complexity index is 381. The molecular formula is C11H18N4O2. The summed E-state index contributed by atoms with van der Waals surface area (Å²) in [5, 5.41) is 3.06. The number of ether oxygens (including phenoxy) is 1. The minimum Gasteiger partial charge on any atom is -0.468 e. The summed E-state index contributed by atoms with van der Waals surface area (Å²) < 4.78 is 4.72. The standard InChI is InChI=1S/C11H18N4O2/c1-7(2)10(11(16)17-3)14-6-9-13-5-4-8(12)15-9/h4-5,7,10,14H,6H2,1-3H3,(H2,12,13,15). The van der Waals surface area contributed by atoms with Gasteiger partial charge >= 0.3 is 5.97 Å². The molecule has 0 radical (unpaired) electrons. The van der Waals surface area contributed by atoms with Gasteiger partial charge in [-0.15, -0.1) is 0 Å². The Morgan fingerprint density at radius 3 is 2.82 bits per heavy atom. The number of nitrogens with zero attached hydrogens (tertiary/aromatic N) is 2. The van der Waals surface area contributed by atoms with Gasteiger partial charge in [0.15, 0.2) is 0 Å². The van der Waals surface area contributed by atoms with Gasteiger partial charge in [-0.25, -0.2) is 9.97 Å². The first-order valence-electron chi connectivity index (χ1n) is 5.43. The Kier molecular flexibility index (Phi) is 4.84. The lowest BCUT2D eigenvalue weighted by Gasteiger charge is -2.19. The zero-order valence-corrected chi connectivity index (χ0v) is 10.3. The lowest BCUT2D eigenvalue weighted by Crippen LogP contribution is -2.41. The summed E-state index contributed by atoms with van der Waals surface area (Å²) in [4.78, 5) is 19.6.